The highest BCUT2D eigenvalue weighted by atomic mass is 16.2. The average molecular weight is 296 g/mol. The summed E-state index contributed by atoms with van der Waals surface area (Å²) in [4.78, 5) is 14.5. The van der Waals surface area contributed by atoms with Crippen molar-refractivity contribution in [2.45, 2.75) is 25.7 Å². The van der Waals surface area contributed by atoms with Gasteiger partial charge in [-0.25, -0.2) is 0 Å². The van der Waals surface area contributed by atoms with Crippen LogP contribution in [0.5, 0.6) is 0 Å². The number of amides is 1. The number of rotatable bonds is 4. The maximum atomic E-state index is 12.5. The molecule has 0 unspecified atom stereocenters. The molecule has 22 heavy (non-hydrogen) atoms. The van der Waals surface area contributed by atoms with E-state index >= 15 is 0 Å². The zero-order valence-corrected chi connectivity index (χ0v) is 13.2. The molecular formula is C19H24N2O. The second kappa shape index (κ2) is 6.82. The number of piperidine rings is 1. The summed E-state index contributed by atoms with van der Waals surface area (Å²) in [6.45, 7) is 1.78. The SMILES string of the molecule is Cn1cccc1C(=O)N1CCC(CCc2ccccc2)CC1. The van der Waals surface area contributed by atoms with E-state index in [4.69, 9.17) is 0 Å². The van der Waals surface area contributed by atoms with Crippen molar-refractivity contribution in [2.24, 2.45) is 13.0 Å². The summed E-state index contributed by atoms with van der Waals surface area (Å²) in [7, 11) is 1.93. The van der Waals surface area contributed by atoms with Crippen LogP contribution in [0.15, 0.2) is 48.7 Å². The minimum absolute atomic E-state index is 0.175. The Bertz CT molecular complexity index is 609. The molecule has 1 aliphatic rings. The van der Waals surface area contributed by atoms with Crippen molar-refractivity contribution in [1.29, 1.82) is 0 Å². The molecule has 0 aliphatic carbocycles. The predicted octanol–water partition coefficient (Wildman–Crippen LogP) is 3.51. The van der Waals surface area contributed by atoms with E-state index in [1.165, 1.54) is 12.0 Å². The van der Waals surface area contributed by atoms with Crippen LogP contribution in [0.1, 0.15) is 35.3 Å². The van der Waals surface area contributed by atoms with E-state index in [1.807, 2.05) is 34.8 Å². The van der Waals surface area contributed by atoms with Gasteiger partial charge in [-0.15, -0.1) is 0 Å². The third-order valence-electron chi connectivity index (χ3n) is 4.75. The summed E-state index contributed by atoms with van der Waals surface area (Å²) in [5, 5.41) is 0. The fourth-order valence-electron chi connectivity index (χ4n) is 3.29. The zero-order valence-electron chi connectivity index (χ0n) is 13.2. The Morgan fingerprint density at radius 2 is 1.82 bits per heavy atom. The molecule has 1 amide bonds. The first-order valence-electron chi connectivity index (χ1n) is 8.18. The van der Waals surface area contributed by atoms with Crippen molar-refractivity contribution >= 4 is 5.91 Å². The van der Waals surface area contributed by atoms with Gasteiger partial charge in [-0.1, -0.05) is 30.3 Å². The molecule has 1 aromatic heterocycles. The highest BCUT2D eigenvalue weighted by Gasteiger charge is 2.24. The second-order valence-corrected chi connectivity index (χ2v) is 6.26. The summed E-state index contributed by atoms with van der Waals surface area (Å²) in [6, 6.07) is 14.5. The minimum atomic E-state index is 0.175. The van der Waals surface area contributed by atoms with Crippen molar-refractivity contribution in [3.63, 3.8) is 0 Å². The average Bonchev–Trinajstić information content (AvgIpc) is 3.00. The number of benzene rings is 1. The van der Waals surface area contributed by atoms with Gasteiger partial charge in [-0.3, -0.25) is 4.79 Å². The number of carbonyl (C=O) groups excluding carboxylic acids is 1. The maximum Gasteiger partial charge on any atom is 0.270 e. The lowest BCUT2D eigenvalue weighted by Crippen LogP contribution is -2.39. The van der Waals surface area contributed by atoms with Crippen LogP contribution in [0.4, 0.5) is 0 Å². The highest BCUT2D eigenvalue weighted by molar-refractivity contribution is 5.92. The van der Waals surface area contributed by atoms with Crippen LogP contribution in [0.2, 0.25) is 0 Å². The lowest BCUT2D eigenvalue weighted by molar-refractivity contribution is 0.0677. The largest absolute Gasteiger partial charge is 0.347 e. The molecule has 1 fully saturated rings. The number of aromatic nitrogens is 1. The Balaban J connectivity index is 1.48. The molecule has 0 atom stereocenters. The van der Waals surface area contributed by atoms with Gasteiger partial charge in [0.15, 0.2) is 0 Å². The van der Waals surface area contributed by atoms with Gasteiger partial charge in [0.25, 0.3) is 5.91 Å². The van der Waals surface area contributed by atoms with E-state index < -0.39 is 0 Å². The van der Waals surface area contributed by atoms with Crippen LogP contribution in [0.3, 0.4) is 0 Å². The summed E-state index contributed by atoms with van der Waals surface area (Å²) in [5.74, 6) is 0.923. The molecule has 0 spiro atoms. The maximum absolute atomic E-state index is 12.5. The lowest BCUT2D eigenvalue weighted by atomic mass is 9.90. The summed E-state index contributed by atoms with van der Waals surface area (Å²) in [6.07, 6.45) is 6.57. The molecular weight excluding hydrogens is 272 g/mol. The van der Waals surface area contributed by atoms with Gasteiger partial charge in [0.1, 0.15) is 5.69 Å². The number of likely N-dealkylation sites (tertiary alicyclic amines) is 1. The number of hydrogen-bond donors (Lipinski definition) is 0. The molecule has 3 rings (SSSR count). The quantitative estimate of drug-likeness (QED) is 0.847. The molecule has 1 aliphatic heterocycles. The smallest absolute Gasteiger partial charge is 0.270 e. The van der Waals surface area contributed by atoms with E-state index in [1.54, 1.807) is 0 Å². The van der Waals surface area contributed by atoms with Gasteiger partial charge < -0.3 is 9.47 Å². The van der Waals surface area contributed by atoms with Crippen LogP contribution < -0.4 is 0 Å². The molecule has 0 N–H and O–H groups in total. The van der Waals surface area contributed by atoms with E-state index in [-0.39, 0.29) is 5.91 Å². The Morgan fingerprint density at radius 3 is 2.45 bits per heavy atom. The minimum Gasteiger partial charge on any atom is -0.347 e. The summed E-state index contributed by atoms with van der Waals surface area (Å²) >= 11 is 0. The summed E-state index contributed by atoms with van der Waals surface area (Å²) < 4.78 is 1.91. The predicted molar refractivity (Wildman–Crippen MR) is 88.8 cm³/mol. The summed E-state index contributed by atoms with van der Waals surface area (Å²) in [5.41, 5.74) is 2.22. The molecule has 1 aromatic carbocycles. The Kier molecular flexibility index (Phi) is 4.62. The molecule has 2 aromatic rings. The Hall–Kier alpha value is -2.03. The normalized spacial score (nSPS) is 16.0. The van der Waals surface area contributed by atoms with Gasteiger partial charge in [-0.05, 0) is 49.3 Å². The molecule has 1 saturated heterocycles. The Morgan fingerprint density at radius 1 is 1.09 bits per heavy atom. The number of aryl methyl sites for hydroxylation is 2. The van der Waals surface area contributed by atoms with Crippen LogP contribution in [0, 0.1) is 5.92 Å². The molecule has 3 heteroatoms. The third kappa shape index (κ3) is 3.41. The van der Waals surface area contributed by atoms with Gasteiger partial charge in [0.2, 0.25) is 0 Å². The van der Waals surface area contributed by atoms with Crippen molar-refractivity contribution in [3.05, 3.63) is 59.9 Å². The zero-order chi connectivity index (χ0) is 15.4. The molecule has 3 nitrogen and oxygen atoms in total. The molecule has 0 radical (unpaired) electrons. The first-order valence-corrected chi connectivity index (χ1v) is 8.18. The highest BCUT2D eigenvalue weighted by Crippen LogP contribution is 2.23. The van der Waals surface area contributed by atoms with E-state index in [9.17, 15) is 4.79 Å². The van der Waals surface area contributed by atoms with E-state index in [2.05, 4.69) is 30.3 Å². The van der Waals surface area contributed by atoms with Crippen molar-refractivity contribution < 1.29 is 4.79 Å². The number of nitrogens with zero attached hydrogens (tertiary/aromatic N) is 2. The lowest BCUT2D eigenvalue weighted by Gasteiger charge is -2.32. The van der Waals surface area contributed by atoms with E-state index in [0.717, 1.165) is 44.0 Å². The molecule has 0 saturated carbocycles. The molecule has 2 heterocycles. The fourth-order valence-corrected chi connectivity index (χ4v) is 3.29. The topological polar surface area (TPSA) is 25.2 Å². The van der Waals surface area contributed by atoms with Crippen LogP contribution in [0.25, 0.3) is 0 Å². The van der Waals surface area contributed by atoms with Gasteiger partial charge in [0.05, 0.1) is 0 Å². The first-order chi connectivity index (χ1) is 10.7. The molecule has 116 valence electrons. The monoisotopic (exact) mass is 296 g/mol. The van der Waals surface area contributed by atoms with Crippen LogP contribution >= 0.6 is 0 Å². The number of carbonyl (C=O) groups is 1. The first kappa shape index (κ1) is 14.9. The number of hydrogen-bond acceptors (Lipinski definition) is 1. The van der Waals surface area contributed by atoms with Gasteiger partial charge in [-0.2, -0.15) is 0 Å². The van der Waals surface area contributed by atoms with E-state index in [0.29, 0.717) is 0 Å². The van der Waals surface area contributed by atoms with Crippen molar-refractivity contribution in [2.75, 3.05) is 13.1 Å². The fraction of sp³-hybridized carbons (Fsp3) is 0.421. The standard InChI is InChI=1S/C19H24N2O/c1-20-13-5-8-18(20)19(22)21-14-11-17(12-15-21)10-9-16-6-3-2-4-7-16/h2-8,13,17H,9-12,14-15H2,1H3. The Labute approximate surface area is 132 Å². The van der Waals surface area contributed by atoms with Crippen LogP contribution in [-0.2, 0) is 13.5 Å². The third-order valence-corrected chi connectivity index (χ3v) is 4.75. The van der Waals surface area contributed by atoms with Gasteiger partial charge in [0, 0.05) is 26.3 Å². The molecule has 0 bridgehead atoms. The second-order valence-electron chi connectivity index (χ2n) is 6.26. The van der Waals surface area contributed by atoms with Crippen molar-refractivity contribution in [3.8, 4) is 0 Å². The van der Waals surface area contributed by atoms with Crippen molar-refractivity contribution in [1.82, 2.24) is 9.47 Å². The van der Waals surface area contributed by atoms with Gasteiger partial charge >= 0.3 is 0 Å². The van der Waals surface area contributed by atoms with Crippen LogP contribution in [-0.4, -0.2) is 28.5 Å².